The van der Waals surface area contributed by atoms with Gasteiger partial charge in [0, 0.05) is 7.11 Å². The van der Waals surface area contributed by atoms with E-state index in [9.17, 15) is 9.59 Å². The van der Waals surface area contributed by atoms with E-state index >= 15 is 0 Å². The lowest BCUT2D eigenvalue weighted by atomic mass is 10.2. The van der Waals surface area contributed by atoms with Gasteiger partial charge in [0.15, 0.2) is 6.29 Å². The highest BCUT2D eigenvalue weighted by atomic mass is 16.5. The van der Waals surface area contributed by atoms with Crippen molar-refractivity contribution >= 4 is 12.6 Å². The zero-order chi connectivity index (χ0) is 10.3. The first-order chi connectivity index (χ1) is 6.15. The van der Waals surface area contributed by atoms with Gasteiger partial charge < -0.3 is 24.2 Å². The van der Waals surface area contributed by atoms with Gasteiger partial charge in [-0.2, -0.15) is 0 Å². The molecule has 3 unspecified atom stereocenters. The van der Waals surface area contributed by atoms with E-state index in [1.165, 1.54) is 14.0 Å². The fourth-order valence-corrected chi connectivity index (χ4v) is 0.778. The number of rotatable bonds is 7. The zero-order valence-corrected chi connectivity index (χ0v) is 7.67. The van der Waals surface area contributed by atoms with Crippen molar-refractivity contribution in [3.63, 3.8) is 0 Å². The molecule has 1 N–H and O–H groups in total. The third-order valence-electron chi connectivity index (χ3n) is 1.43. The van der Waals surface area contributed by atoms with Gasteiger partial charge >= 0.3 is 0 Å². The minimum Gasteiger partial charge on any atom is -0.383 e. The van der Waals surface area contributed by atoms with Crippen LogP contribution in [0.4, 0.5) is 0 Å². The Balaban J connectivity index is 4.07. The molecule has 0 spiro atoms. The molecule has 5 heteroatoms. The molecule has 0 rings (SSSR count). The van der Waals surface area contributed by atoms with Crippen LogP contribution in [0.5, 0.6) is 0 Å². The minimum absolute atomic E-state index is 0.0675. The number of methoxy groups -OCH3 is 1. The van der Waals surface area contributed by atoms with E-state index < -0.39 is 18.3 Å². The Morgan fingerprint density at radius 2 is 2.00 bits per heavy atom. The van der Waals surface area contributed by atoms with Gasteiger partial charge in [0.25, 0.3) is 0 Å². The van der Waals surface area contributed by atoms with Crippen molar-refractivity contribution in [1.29, 1.82) is 0 Å². The van der Waals surface area contributed by atoms with E-state index in [-0.39, 0.29) is 6.61 Å². The summed E-state index contributed by atoms with van der Waals surface area (Å²) >= 11 is 0. The number of ether oxygens (including phenoxy) is 2. The van der Waals surface area contributed by atoms with Crippen molar-refractivity contribution in [1.82, 2.24) is 0 Å². The first kappa shape index (κ1) is 12.2. The van der Waals surface area contributed by atoms with Gasteiger partial charge in [-0.1, -0.05) is 0 Å². The second kappa shape index (κ2) is 6.71. The first-order valence-electron chi connectivity index (χ1n) is 3.88. The lowest BCUT2D eigenvalue weighted by Gasteiger charge is -2.20. The van der Waals surface area contributed by atoms with E-state index in [1.807, 2.05) is 0 Å². The quantitative estimate of drug-likeness (QED) is 0.530. The number of aldehydes is 2. The molecule has 0 aromatic rings. The highest BCUT2D eigenvalue weighted by Gasteiger charge is 2.21. The predicted octanol–water partition coefficient (Wildman–Crippen LogP) is -0.835. The van der Waals surface area contributed by atoms with Crippen LogP contribution in [0.15, 0.2) is 0 Å². The molecule has 0 bridgehead atoms. The SMILES string of the molecule is COCC(OC(C)C=O)C(O)C=O. The van der Waals surface area contributed by atoms with Gasteiger partial charge in [-0.3, -0.25) is 0 Å². The summed E-state index contributed by atoms with van der Waals surface area (Å²) in [5, 5.41) is 9.10. The summed E-state index contributed by atoms with van der Waals surface area (Å²) in [5.41, 5.74) is 0. The predicted molar refractivity (Wildman–Crippen MR) is 44.3 cm³/mol. The van der Waals surface area contributed by atoms with Crippen LogP contribution in [0.2, 0.25) is 0 Å². The molecule has 0 aromatic carbocycles. The maximum atomic E-state index is 10.2. The molecule has 0 heterocycles. The number of aliphatic hydroxyl groups is 1. The Kier molecular flexibility index (Phi) is 6.30. The van der Waals surface area contributed by atoms with Gasteiger partial charge in [-0.15, -0.1) is 0 Å². The van der Waals surface area contributed by atoms with E-state index in [0.717, 1.165) is 0 Å². The van der Waals surface area contributed by atoms with Gasteiger partial charge in [0.1, 0.15) is 24.6 Å². The molecule has 13 heavy (non-hydrogen) atoms. The van der Waals surface area contributed by atoms with Crippen molar-refractivity contribution in [2.45, 2.75) is 25.2 Å². The Hall–Kier alpha value is -0.780. The van der Waals surface area contributed by atoms with Gasteiger partial charge in [-0.05, 0) is 6.92 Å². The van der Waals surface area contributed by atoms with E-state index in [2.05, 4.69) is 0 Å². The average molecular weight is 190 g/mol. The van der Waals surface area contributed by atoms with E-state index in [4.69, 9.17) is 14.6 Å². The van der Waals surface area contributed by atoms with Gasteiger partial charge in [0.05, 0.1) is 6.61 Å². The molecule has 0 fully saturated rings. The minimum atomic E-state index is -1.26. The van der Waals surface area contributed by atoms with E-state index in [0.29, 0.717) is 12.6 Å². The molecule has 76 valence electrons. The molecule has 0 amide bonds. The summed E-state index contributed by atoms with van der Waals surface area (Å²) in [6.45, 7) is 1.59. The molecule has 0 radical (unpaired) electrons. The van der Waals surface area contributed by atoms with Crippen molar-refractivity contribution in [2.75, 3.05) is 13.7 Å². The van der Waals surface area contributed by atoms with Crippen LogP contribution in [-0.2, 0) is 19.1 Å². The summed E-state index contributed by atoms with van der Waals surface area (Å²) in [6.07, 6.45) is -1.78. The van der Waals surface area contributed by atoms with Crippen LogP contribution < -0.4 is 0 Å². The van der Waals surface area contributed by atoms with Crippen LogP contribution >= 0.6 is 0 Å². The highest BCUT2D eigenvalue weighted by molar-refractivity contribution is 5.57. The van der Waals surface area contributed by atoms with Crippen LogP contribution in [0, 0.1) is 0 Å². The summed E-state index contributed by atoms with van der Waals surface area (Å²) in [4.78, 5) is 20.4. The van der Waals surface area contributed by atoms with Crippen molar-refractivity contribution in [2.24, 2.45) is 0 Å². The Morgan fingerprint density at radius 1 is 1.38 bits per heavy atom. The third-order valence-corrected chi connectivity index (χ3v) is 1.43. The number of hydrogen-bond donors (Lipinski definition) is 1. The topological polar surface area (TPSA) is 72.8 Å². The normalized spacial score (nSPS) is 17.5. The highest BCUT2D eigenvalue weighted by Crippen LogP contribution is 2.01. The average Bonchev–Trinajstić information content (AvgIpc) is 2.15. The lowest BCUT2D eigenvalue weighted by molar-refractivity contribution is -0.140. The fourth-order valence-electron chi connectivity index (χ4n) is 0.778. The van der Waals surface area contributed by atoms with E-state index in [1.54, 1.807) is 0 Å². The number of carbonyl (C=O) groups excluding carboxylic acids is 2. The van der Waals surface area contributed by atoms with Gasteiger partial charge in [0.2, 0.25) is 0 Å². The second-order valence-electron chi connectivity index (χ2n) is 2.60. The third kappa shape index (κ3) is 4.72. The van der Waals surface area contributed by atoms with Crippen LogP contribution in [0.1, 0.15) is 6.92 Å². The van der Waals surface area contributed by atoms with Gasteiger partial charge in [-0.25, -0.2) is 0 Å². The summed E-state index contributed by atoms with van der Waals surface area (Å²) in [6, 6.07) is 0. The lowest BCUT2D eigenvalue weighted by Crippen LogP contribution is -2.37. The molecule has 0 aromatic heterocycles. The molecule has 5 nitrogen and oxygen atoms in total. The molecule has 0 aliphatic rings. The van der Waals surface area contributed by atoms with Crippen LogP contribution in [0.25, 0.3) is 0 Å². The summed E-state index contributed by atoms with van der Waals surface area (Å²) in [7, 11) is 1.42. The fraction of sp³-hybridized carbons (Fsp3) is 0.750. The van der Waals surface area contributed by atoms with Crippen molar-refractivity contribution in [3.8, 4) is 0 Å². The Bertz CT molecular complexity index is 159. The van der Waals surface area contributed by atoms with Crippen LogP contribution in [-0.4, -0.2) is 49.7 Å². The monoisotopic (exact) mass is 190 g/mol. The summed E-state index contributed by atoms with van der Waals surface area (Å²) < 4.78 is 9.73. The first-order valence-corrected chi connectivity index (χ1v) is 3.88. The van der Waals surface area contributed by atoms with Crippen molar-refractivity contribution in [3.05, 3.63) is 0 Å². The standard InChI is InChI=1S/C8H14O5/c1-6(3-9)13-8(5-12-2)7(11)4-10/h3-4,6-8,11H,5H2,1-2H3. The molecule has 0 aliphatic heterocycles. The second-order valence-corrected chi connectivity index (χ2v) is 2.60. The maximum Gasteiger partial charge on any atom is 0.151 e. The number of aliphatic hydroxyl groups excluding tert-OH is 1. The van der Waals surface area contributed by atoms with Crippen LogP contribution in [0.3, 0.4) is 0 Å². The maximum absolute atomic E-state index is 10.2. The molecule has 3 atom stereocenters. The Labute approximate surface area is 76.6 Å². The molecule has 0 saturated heterocycles. The Morgan fingerprint density at radius 3 is 2.38 bits per heavy atom. The number of carbonyl (C=O) groups is 2. The summed E-state index contributed by atoms with van der Waals surface area (Å²) in [5.74, 6) is 0. The molecular formula is C8H14O5. The smallest absolute Gasteiger partial charge is 0.151 e. The molecular weight excluding hydrogens is 176 g/mol. The largest absolute Gasteiger partial charge is 0.383 e. The number of hydrogen-bond acceptors (Lipinski definition) is 5. The molecule has 0 saturated carbocycles. The van der Waals surface area contributed by atoms with Crippen molar-refractivity contribution < 1.29 is 24.2 Å². The molecule has 0 aliphatic carbocycles. The zero-order valence-electron chi connectivity index (χ0n) is 7.67.